The summed E-state index contributed by atoms with van der Waals surface area (Å²) < 4.78 is 33.9. The van der Waals surface area contributed by atoms with Crippen molar-refractivity contribution in [2.75, 3.05) is 28.5 Å². The van der Waals surface area contributed by atoms with E-state index in [2.05, 4.69) is 4.72 Å². The van der Waals surface area contributed by atoms with Gasteiger partial charge in [-0.2, -0.15) is 0 Å². The average molecular weight is 407 g/mol. The molecule has 6 nitrogen and oxygen atoms in total. The van der Waals surface area contributed by atoms with Crippen LogP contribution in [0.15, 0.2) is 52.3 Å². The quantitative estimate of drug-likeness (QED) is 0.819. The second-order valence-electron chi connectivity index (χ2n) is 6.04. The SMILES string of the molecule is CCOc1ccccc1NS(=O)(=O)c1ccc2c(c1)N(C(C)=O)CCCS2. The topological polar surface area (TPSA) is 75.7 Å². The van der Waals surface area contributed by atoms with Gasteiger partial charge in [-0.15, -0.1) is 11.8 Å². The summed E-state index contributed by atoms with van der Waals surface area (Å²) in [5.41, 5.74) is 1.03. The fourth-order valence-electron chi connectivity index (χ4n) is 2.89. The fraction of sp³-hybridized carbons (Fsp3) is 0.316. The predicted octanol–water partition coefficient (Wildman–Crippen LogP) is 3.73. The maximum atomic E-state index is 12.9. The Morgan fingerprint density at radius 2 is 2.04 bits per heavy atom. The molecular weight excluding hydrogens is 384 g/mol. The molecule has 3 rings (SSSR count). The van der Waals surface area contributed by atoms with Gasteiger partial charge in [-0.25, -0.2) is 8.42 Å². The number of rotatable bonds is 5. The standard InChI is InChI=1S/C19H22N2O4S2/c1-3-25-18-8-5-4-7-16(18)20-27(23,24)15-9-10-19-17(13-15)21(14(2)22)11-6-12-26-19/h4-5,7-10,13,20H,3,6,11-12H2,1-2H3. The molecule has 1 aliphatic rings. The van der Waals surface area contributed by atoms with Crippen LogP contribution in [0, 0.1) is 0 Å². The molecule has 0 bridgehead atoms. The zero-order chi connectivity index (χ0) is 19.4. The molecule has 2 aromatic rings. The molecule has 0 saturated heterocycles. The summed E-state index contributed by atoms with van der Waals surface area (Å²) in [5, 5.41) is 0. The van der Waals surface area contributed by atoms with Crippen molar-refractivity contribution in [3.8, 4) is 5.75 Å². The fourth-order valence-corrected chi connectivity index (χ4v) is 4.95. The van der Waals surface area contributed by atoms with Crippen molar-refractivity contribution in [1.29, 1.82) is 0 Å². The van der Waals surface area contributed by atoms with Crippen molar-refractivity contribution in [2.24, 2.45) is 0 Å². The summed E-state index contributed by atoms with van der Waals surface area (Å²) in [6.07, 6.45) is 0.862. The van der Waals surface area contributed by atoms with Crippen LogP contribution in [0.25, 0.3) is 0 Å². The van der Waals surface area contributed by atoms with Crippen LogP contribution in [0.1, 0.15) is 20.3 Å². The molecule has 8 heteroatoms. The molecule has 0 spiro atoms. The first kappa shape index (κ1) is 19.6. The summed E-state index contributed by atoms with van der Waals surface area (Å²) in [6.45, 7) is 4.35. The number of thioether (sulfide) groups is 1. The molecule has 0 aliphatic carbocycles. The van der Waals surface area contributed by atoms with Gasteiger partial charge in [-0.1, -0.05) is 12.1 Å². The van der Waals surface area contributed by atoms with E-state index in [0.717, 1.165) is 17.1 Å². The molecule has 0 fully saturated rings. The summed E-state index contributed by atoms with van der Waals surface area (Å²) in [5.74, 6) is 1.27. The second kappa shape index (κ2) is 8.22. The maximum absolute atomic E-state index is 12.9. The molecule has 0 saturated carbocycles. The van der Waals surface area contributed by atoms with E-state index in [9.17, 15) is 13.2 Å². The molecule has 0 atom stereocenters. The number of nitrogens with zero attached hydrogens (tertiary/aromatic N) is 1. The molecule has 1 amide bonds. The zero-order valence-electron chi connectivity index (χ0n) is 15.3. The van der Waals surface area contributed by atoms with E-state index >= 15 is 0 Å². The Kier molecular flexibility index (Phi) is 5.96. The van der Waals surface area contributed by atoms with E-state index in [-0.39, 0.29) is 10.8 Å². The number of nitrogens with one attached hydrogen (secondary N) is 1. The first-order valence-electron chi connectivity index (χ1n) is 8.72. The molecule has 0 radical (unpaired) electrons. The average Bonchev–Trinajstić information content (AvgIpc) is 2.85. The van der Waals surface area contributed by atoms with Crippen molar-refractivity contribution in [1.82, 2.24) is 0 Å². The van der Waals surface area contributed by atoms with Crippen LogP contribution in [0.5, 0.6) is 5.75 Å². The van der Waals surface area contributed by atoms with Crippen molar-refractivity contribution in [2.45, 2.75) is 30.1 Å². The number of carbonyl (C=O) groups is 1. The number of amides is 1. The zero-order valence-corrected chi connectivity index (χ0v) is 16.9. The molecular formula is C19H22N2O4S2. The minimum absolute atomic E-state index is 0.0945. The number of fused-ring (bicyclic) bond motifs is 1. The monoisotopic (exact) mass is 406 g/mol. The lowest BCUT2D eigenvalue weighted by atomic mass is 10.2. The van der Waals surface area contributed by atoms with E-state index in [1.807, 2.05) is 6.92 Å². The van der Waals surface area contributed by atoms with Gasteiger partial charge in [-0.05, 0) is 49.4 Å². The van der Waals surface area contributed by atoms with Gasteiger partial charge < -0.3 is 9.64 Å². The highest BCUT2D eigenvalue weighted by atomic mass is 32.2. The normalized spacial score (nSPS) is 14.2. The van der Waals surface area contributed by atoms with Crippen LogP contribution < -0.4 is 14.4 Å². The molecule has 0 unspecified atom stereocenters. The van der Waals surface area contributed by atoms with Crippen LogP contribution in [-0.2, 0) is 14.8 Å². The minimum atomic E-state index is -3.83. The number of ether oxygens (including phenoxy) is 1. The van der Waals surface area contributed by atoms with E-state index in [1.54, 1.807) is 59.1 Å². The first-order valence-corrected chi connectivity index (χ1v) is 11.2. The first-order chi connectivity index (χ1) is 12.9. The number of sulfonamides is 1. The Labute approximate surface area is 164 Å². The van der Waals surface area contributed by atoms with Gasteiger partial charge in [0.05, 0.1) is 22.9 Å². The van der Waals surface area contributed by atoms with Gasteiger partial charge in [0.25, 0.3) is 10.0 Å². The van der Waals surface area contributed by atoms with Crippen molar-refractivity contribution in [3.05, 3.63) is 42.5 Å². The molecule has 0 aromatic heterocycles. The van der Waals surface area contributed by atoms with Crippen molar-refractivity contribution in [3.63, 3.8) is 0 Å². The summed E-state index contributed by atoms with van der Waals surface area (Å²) in [6, 6.07) is 11.8. The second-order valence-corrected chi connectivity index (χ2v) is 8.86. The van der Waals surface area contributed by atoms with Crippen LogP contribution in [-0.4, -0.2) is 33.2 Å². The lowest BCUT2D eigenvalue weighted by molar-refractivity contribution is -0.116. The number of hydrogen-bond donors (Lipinski definition) is 1. The van der Waals surface area contributed by atoms with E-state index in [1.165, 1.54) is 6.92 Å². The highest BCUT2D eigenvalue weighted by molar-refractivity contribution is 7.99. The van der Waals surface area contributed by atoms with Crippen LogP contribution in [0.3, 0.4) is 0 Å². The molecule has 27 heavy (non-hydrogen) atoms. The van der Waals surface area contributed by atoms with Crippen molar-refractivity contribution >= 4 is 39.1 Å². The number of benzene rings is 2. The smallest absolute Gasteiger partial charge is 0.262 e. The van der Waals surface area contributed by atoms with Crippen LogP contribution >= 0.6 is 11.8 Å². The molecule has 2 aromatic carbocycles. The summed E-state index contributed by atoms with van der Waals surface area (Å²) in [4.78, 5) is 14.7. The largest absolute Gasteiger partial charge is 0.492 e. The van der Waals surface area contributed by atoms with Gasteiger partial charge in [0.2, 0.25) is 5.91 Å². The third-order valence-corrected chi connectivity index (χ3v) is 6.64. The van der Waals surface area contributed by atoms with Gasteiger partial charge in [-0.3, -0.25) is 9.52 Å². The van der Waals surface area contributed by atoms with Crippen LogP contribution in [0.4, 0.5) is 11.4 Å². The Morgan fingerprint density at radius 1 is 1.26 bits per heavy atom. The third-order valence-electron chi connectivity index (χ3n) is 4.13. The molecule has 1 aliphatic heterocycles. The maximum Gasteiger partial charge on any atom is 0.262 e. The lowest BCUT2D eigenvalue weighted by Gasteiger charge is -2.21. The van der Waals surface area contributed by atoms with Gasteiger partial charge in [0, 0.05) is 18.4 Å². The molecule has 1 heterocycles. The molecule has 1 N–H and O–H groups in total. The minimum Gasteiger partial charge on any atom is -0.492 e. The van der Waals surface area contributed by atoms with E-state index < -0.39 is 10.0 Å². The third kappa shape index (κ3) is 4.39. The number of para-hydroxylation sites is 2. The Bertz CT molecular complexity index is 944. The van der Waals surface area contributed by atoms with Gasteiger partial charge in [0.1, 0.15) is 5.75 Å². The number of hydrogen-bond acceptors (Lipinski definition) is 5. The lowest BCUT2D eigenvalue weighted by Crippen LogP contribution is -2.29. The van der Waals surface area contributed by atoms with Gasteiger partial charge in [0.15, 0.2) is 0 Å². The highest BCUT2D eigenvalue weighted by Crippen LogP contribution is 2.36. The Balaban J connectivity index is 1.97. The number of anilines is 2. The Morgan fingerprint density at radius 3 is 2.78 bits per heavy atom. The van der Waals surface area contributed by atoms with Crippen molar-refractivity contribution < 1.29 is 17.9 Å². The number of carbonyl (C=O) groups excluding carboxylic acids is 1. The van der Waals surface area contributed by atoms with E-state index in [0.29, 0.717) is 30.3 Å². The summed E-state index contributed by atoms with van der Waals surface area (Å²) >= 11 is 1.63. The Hall–Kier alpha value is -2.19. The van der Waals surface area contributed by atoms with Crippen LogP contribution in [0.2, 0.25) is 0 Å². The highest BCUT2D eigenvalue weighted by Gasteiger charge is 2.23. The summed E-state index contributed by atoms with van der Waals surface area (Å²) in [7, 11) is -3.83. The van der Waals surface area contributed by atoms with E-state index in [4.69, 9.17) is 4.74 Å². The van der Waals surface area contributed by atoms with Gasteiger partial charge >= 0.3 is 0 Å². The predicted molar refractivity (Wildman–Crippen MR) is 108 cm³/mol. The molecule has 144 valence electrons.